The lowest BCUT2D eigenvalue weighted by atomic mass is 9.78. The van der Waals surface area contributed by atoms with E-state index in [1.165, 1.54) is 0 Å². The molecule has 1 amide bonds. The van der Waals surface area contributed by atoms with E-state index >= 15 is 0 Å². The molecule has 11 heteroatoms. The van der Waals surface area contributed by atoms with Crippen LogP contribution in [-0.4, -0.2) is 107 Å². The molecular formula is C39H67NO10. The second kappa shape index (κ2) is 15.3. The largest absolute Gasteiger partial charge is 0.393 e. The predicted molar refractivity (Wildman–Crippen MR) is 188 cm³/mol. The number of carbonyl (C=O) groups excluding carboxylic acids is 1. The zero-order chi connectivity index (χ0) is 36.8. The van der Waals surface area contributed by atoms with Gasteiger partial charge in [0, 0.05) is 44.2 Å². The average molecular weight is 710 g/mol. The van der Waals surface area contributed by atoms with E-state index in [1.54, 1.807) is 13.2 Å². The Balaban J connectivity index is 1.27. The van der Waals surface area contributed by atoms with Gasteiger partial charge < -0.3 is 49.1 Å². The summed E-state index contributed by atoms with van der Waals surface area (Å²) in [5.41, 5.74) is -1.12. The third kappa shape index (κ3) is 7.34. The zero-order valence-corrected chi connectivity index (χ0v) is 32.1. The molecule has 4 N–H and O–H groups in total. The fourth-order valence-electron chi connectivity index (χ4n) is 10.3. The van der Waals surface area contributed by atoms with Crippen LogP contribution in [0, 0.1) is 35.5 Å². The molecule has 0 aromatic heterocycles. The Kier molecular flexibility index (Phi) is 12.3. The molecule has 0 saturated carbocycles. The van der Waals surface area contributed by atoms with Gasteiger partial charge in [0.25, 0.3) is 0 Å². The normalized spacial score (nSPS) is 48.4. The minimum atomic E-state index is -1.56. The lowest BCUT2D eigenvalue weighted by Crippen LogP contribution is -2.57. The summed E-state index contributed by atoms with van der Waals surface area (Å²) in [6.45, 7) is 20.1. The highest BCUT2D eigenvalue weighted by Gasteiger charge is 2.62. The number of nitrogens with one attached hydrogen (secondary N) is 1. The maximum Gasteiger partial charge on any atom is 0.225 e. The summed E-state index contributed by atoms with van der Waals surface area (Å²) < 4.78 is 40.0. The molecule has 50 heavy (non-hydrogen) atoms. The van der Waals surface area contributed by atoms with Gasteiger partial charge in [-0.05, 0) is 57.3 Å². The van der Waals surface area contributed by atoms with E-state index in [1.807, 2.05) is 27.7 Å². The van der Waals surface area contributed by atoms with Crippen LogP contribution in [-0.2, 0) is 33.2 Å². The van der Waals surface area contributed by atoms with Crippen molar-refractivity contribution in [1.29, 1.82) is 0 Å². The van der Waals surface area contributed by atoms with Crippen LogP contribution in [0.25, 0.3) is 0 Å². The highest BCUT2D eigenvalue weighted by molar-refractivity contribution is 5.79. The van der Waals surface area contributed by atoms with Gasteiger partial charge in [0.05, 0.1) is 66.5 Å². The molecule has 17 atom stereocenters. The van der Waals surface area contributed by atoms with Crippen LogP contribution in [0.2, 0.25) is 0 Å². The maximum atomic E-state index is 12.9. The first-order valence-electron chi connectivity index (χ1n) is 19.3. The van der Waals surface area contributed by atoms with E-state index in [2.05, 4.69) is 39.6 Å². The third-order valence-corrected chi connectivity index (χ3v) is 13.5. The molecule has 5 aliphatic heterocycles. The fraction of sp³-hybridized carbons (Fsp3) is 0.923. The molecule has 5 fully saturated rings. The lowest BCUT2D eigenvalue weighted by Gasteiger charge is -2.49. The lowest BCUT2D eigenvalue weighted by molar-refractivity contribution is -0.336. The van der Waals surface area contributed by atoms with Gasteiger partial charge >= 0.3 is 0 Å². The Morgan fingerprint density at radius 1 is 1.08 bits per heavy atom. The van der Waals surface area contributed by atoms with E-state index in [9.17, 15) is 20.1 Å². The van der Waals surface area contributed by atoms with Gasteiger partial charge in [-0.3, -0.25) is 4.79 Å². The molecule has 5 aliphatic rings. The van der Waals surface area contributed by atoms with Crippen molar-refractivity contribution in [3.8, 4) is 0 Å². The highest BCUT2D eigenvalue weighted by atomic mass is 16.7. The van der Waals surface area contributed by atoms with Gasteiger partial charge in [0.2, 0.25) is 5.91 Å². The Hall–Kier alpha value is -1.15. The summed E-state index contributed by atoms with van der Waals surface area (Å²) in [5.74, 6) is -3.21. The molecule has 0 aromatic carbocycles. The monoisotopic (exact) mass is 709 g/mol. The van der Waals surface area contributed by atoms with Crippen molar-refractivity contribution in [1.82, 2.24) is 5.32 Å². The molecule has 0 unspecified atom stereocenters. The number of amides is 1. The van der Waals surface area contributed by atoms with Gasteiger partial charge in [0.1, 0.15) is 0 Å². The SMILES string of the molecule is C=CCNC(=O)[C@@H](C)[C@H](OC)[C@H](C)[C@H]1O[C@@]2(CC[C@@](C)([C@H]3CC[C@@](CC)([C@@H]4O[C@@H]([C@H]5O[C@@](O)(CO)[C@H](C)C[C@@H]5C)C[C@@H]4C)O3)O2)C[C@H](O)[C@H]1C. The van der Waals surface area contributed by atoms with Crippen molar-refractivity contribution >= 4 is 5.91 Å². The van der Waals surface area contributed by atoms with Gasteiger partial charge in [-0.15, -0.1) is 6.58 Å². The van der Waals surface area contributed by atoms with Gasteiger partial charge in [-0.25, -0.2) is 0 Å². The van der Waals surface area contributed by atoms with Crippen LogP contribution in [0.1, 0.15) is 107 Å². The average Bonchev–Trinajstić information content (AvgIpc) is 3.80. The number of aliphatic hydroxyl groups is 3. The molecule has 5 saturated heterocycles. The first-order valence-corrected chi connectivity index (χ1v) is 19.3. The molecular weight excluding hydrogens is 642 g/mol. The first kappa shape index (κ1) is 40.0. The van der Waals surface area contributed by atoms with Crippen LogP contribution in [0.4, 0.5) is 0 Å². The molecule has 11 nitrogen and oxygen atoms in total. The van der Waals surface area contributed by atoms with Crippen LogP contribution in [0.15, 0.2) is 12.7 Å². The van der Waals surface area contributed by atoms with Crippen molar-refractivity contribution in [3.63, 3.8) is 0 Å². The second-order valence-corrected chi connectivity index (χ2v) is 17.0. The summed E-state index contributed by atoms with van der Waals surface area (Å²) in [6, 6.07) is 0. The van der Waals surface area contributed by atoms with E-state index in [0.717, 1.165) is 38.5 Å². The quantitative estimate of drug-likeness (QED) is 0.214. The zero-order valence-electron chi connectivity index (χ0n) is 32.1. The summed E-state index contributed by atoms with van der Waals surface area (Å²) >= 11 is 0. The molecule has 0 bridgehead atoms. The van der Waals surface area contributed by atoms with E-state index in [0.29, 0.717) is 19.4 Å². The molecule has 0 aromatic rings. The van der Waals surface area contributed by atoms with Crippen LogP contribution in [0.3, 0.4) is 0 Å². The van der Waals surface area contributed by atoms with Crippen molar-refractivity contribution in [2.75, 3.05) is 20.3 Å². The highest BCUT2D eigenvalue weighted by Crippen LogP contribution is 2.55. The number of hydrogen-bond donors (Lipinski definition) is 4. The van der Waals surface area contributed by atoms with Gasteiger partial charge in [-0.2, -0.15) is 0 Å². The van der Waals surface area contributed by atoms with Crippen LogP contribution < -0.4 is 5.32 Å². The van der Waals surface area contributed by atoms with Gasteiger partial charge in [-0.1, -0.05) is 54.5 Å². The van der Waals surface area contributed by atoms with E-state index < -0.39 is 47.5 Å². The molecule has 5 rings (SSSR count). The summed E-state index contributed by atoms with van der Waals surface area (Å²) in [6.07, 6.45) is 5.07. The van der Waals surface area contributed by atoms with Crippen LogP contribution >= 0.6 is 0 Å². The number of ether oxygens (including phenoxy) is 6. The molecule has 1 spiro atoms. The topological polar surface area (TPSA) is 145 Å². The van der Waals surface area contributed by atoms with E-state index in [-0.39, 0.29) is 66.0 Å². The summed E-state index contributed by atoms with van der Waals surface area (Å²) in [5, 5.41) is 35.2. The number of carbonyl (C=O) groups is 1. The molecule has 0 aliphatic carbocycles. The second-order valence-electron chi connectivity index (χ2n) is 17.0. The minimum absolute atomic E-state index is 0.112. The third-order valence-electron chi connectivity index (χ3n) is 13.5. The molecule has 5 heterocycles. The first-order chi connectivity index (χ1) is 23.5. The number of aliphatic hydroxyl groups excluding tert-OH is 2. The number of hydrogen-bond acceptors (Lipinski definition) is 10. The Morgan fingerprint density at radius 2 is 1.80 bits per heavy atom. The Labute approximate surface area is 300 Å². The summed E-state index contributed by atoms with van der Waals surface area (Å²) in [7, 11) is 1.62. The number of rotatable bonds is 12. The van der Waals surface area contributed by atoms with Crippen molar-refractivity contribution in [2.24, 2.45) is 35.5 Å². The van der Waals surface area contributed by atoms with Crippen molar-refractivity contribution in [2.45, 2.75) is 172 Å². The fourth-order valence-corrected chi connectivity index (χ4v) is 10.3. The van der Waals surface area contributed by atoms with Crippen molar-refractivity contribution < 1.29 is 48.5 Å². The Bertz CT molecular complexity index is 1190. The standard InChI is InChI=1S/C39H67NO10/c1-11-17-40-35(43)27(8)32(45-10)26(7)33-25(6)28(42)20-38(48-33)16-15-36(9,50-38)30-13-14-37(12-2,47-30)34-23(4)19-29(46-34)31-22(3)18-24(5)39(44,21-41)49-31/h11,22-34,41-42,44H,1,12-21H2,2-10H3,(H,40,43)/t22-,23-,24+,25+,26-,27-,28-,29+,30+,31-,32+,33-,34+,36-,37-,38+,39-/m0/s1. The number of methoxy groups -OCH3 is 1. The van der Waals surface area contributed by atoms with E-state index in [4.69, 9.17) is 28.4 Å². The van der Waals surface area contributed by atoms with Crippen LogP contribution in [0.5, 0.6) is 0 Å². The van der Waals surface area contributed by atoms with Crippen molar-refractivity contribution in [3.05, 3.63) is 12.7 Å². The predicted octanol–water partition coefficient (Wildman–Crippen LogP) is 4.49. The Morgan fingerprint density at radius 3 is 2.44 bits per heavy atom. The smallest absolute Gasteiger partial charge is 0.225 e. The molecule has 0 radical (unpaired) electrons. The molecule has 288 valence electrons. The summed E-state index contributed by atoms with van der Waals surface area (Å²) in [4.78, 5) is 12.9. The maximum absolute atomic E-state index is 12.9. The minimum Gasteiger partial charge on any atom is -0.393 e. The van der Waals surface area contributed by atoms with Gasteiger partial charge in [0.15, 0.2) is 11.6 Å².